The highest BCUT2D eigenvalue weighted by Gasteiger charge is 2.34. The molecule has 0 radical (unpaired) electrons. The molecule has 3 nitrogen and oxygen atoms in total. The van der Waals surface area contributed by atoms with Crippen LogP contribution in [0.25, 0.3) is 0 Å². The van der Waals surface area contributed by atoms with E-state index in [1.807, 2.05) is 0 Å². The first-order valence-corrected chi connectivity index (χ1v) is 5.39. The Balaban J connectivity index is 2.44. The highest BCUT2D eigenvalue weighted by atomic mass is 19.4. The third-order valence-corrected chi connectivity index (χ3v) is 2.83. The molecule has 0 saturated carbocycles. The molecule has 0 amide bonds. The van der Waals surface area contributed by atoms with Crippen LogP contribution >= 0.6 is 0 Å². The van der Waals surface area contributed by atoms with E-state index < -0.39 is 23.6 Å². The lowest BCUT2D eigenvalue weighted by Crippen LogP contribution is -2.17. The van der Waals surface area contributed by atoms with Gasteiger partial charge in [-0.3, -0.25) is 0 Å². The lowest BCUT2D eigenvalue weighted by Gasteiger charge is -2.15. The molecule has 1 aromatic heterocycles. The van der Waals surface area contributed by atoms with Crippen LogP contribution in [0.3, 0.4) is 0 Å². The Kier molecular flexibility index (Phi) is 3.32. The van der Waals surface area contributed by atoms with Gasteiger partial charge in [-0.1, -0.05) is 6.07 Å². The number of imidazole rings is 1. The Hall–Kier alpha value is -1.89. The summed E-state index contributed by atoms with van der Waals surface area (Å²) in [5.74, 6) is -1.31. The van der Waals surface area contributed by atoms with Crippen LogP contribution in [0.1, 0.15) is 22.9 Å². The molecular weight excluding hydrogens is 262 g/mol. The van der Waals surface area contributed by atoms with Crippen LogP contribution in [0.4, 0.5) is 17.6 Å². The van der Waals surface area contributed by atoms with Crippen LogP contribution in [-0.2, 0) is 13.2 Å². The second kappa shape index (κ2) is 4.65. The van der Waals surface area contributed by atoms with E-state index in [0.29, 0.717) is 5.69 Å². The molecule has 2 rings (SSSR count). The predicted octanol–water partition coefficient (Wildman–Crippen LogP) is 2.63. The molecule has 0 aliphatic carbocycles. The summed E-state index contributed by atoms with van der Waals surface area (Å²) in [7, 11) is 1.68. The fraction of sp³-hybridized carbons (Fsp3) is 0.250. The molecule has 1 aromatic carbocycles. The van der Waals surface area contributed by atoms with Gasteiger partial charge in [0.05, 0.1) is 29.8 Å². The van der Waals surface area contributed by atoms with Crippen molar-refractivity contribution in [1.29, 1.82) is 0 Å². The minimum Gasteiger partial charge on any atom is -0.336 e. The second-order valence-electron chi connectivity index (χ2n) is 4.14. The van der Waals surface area contributed by atoms with Crippen LogP contribution in [0.15, 0.2) is 30.7 Å². The van der Waals surface area contributed by atoms with Crippen molar-refractivity contribution < 1.29 is 17.6 Å². The average Bonchev–Trinajstić information content (AvgIpc) is 2.73. The fourth-order valence-corrected chi connectivity index (χ4v) is 1.79. The number of nitrogens with two attached hydrogens (primary N) is 1. The standard InChI is InChI=1S/C12H11F4N3/c1-19-6-18-5-10(19)11(17)7-2-3-9(13)8(4-7)12(14,15)16/h2-6,11H,17H2,1H3. The van der Waals surface area contributed by atoms with Gasteiger partial charge in [-0.25, -0.2) is 9.37 Å². The first-order chi connectivity index (χ1) is 8.80. The van der Waals surface area contributed by atoms with Crippen LogP contribution < -0.4 is 5.73 Å². The van der Waals surface area contributed by atoms with Crippen LogP contribution in [0.2, 0.25) is 0 Å². The van der Waals surface area contributed by atoms with E-state index in [1.165, 1.54) is 18.6 Å². The monoisotopic (exact) mass is 273 g/mol. The van der Waals surface area contributed by atoms with Crippen LogP contribution in [0.5, 0.6) is 0 Å². The Morgan fingerprint density at radius 3 is 2.53 bits per heavy atom. The highest BCUT2D eigenvalue weighted by molar-refractivity contribution is 5.33. The van der Waals surface area contributed by atoms with Crippen LogP contribution in [-0.4, -0.2) is 9.55 Å². The summed E-state index contributed by atoms with van der Waals surface area (Å²) in [6.07, 6.45) is -1.79. The Morgan fingerprint density at radius 1 is 1.32 bits per heavy atom. The van der Waals surface area contributed by atoms with Crippen molar-refractivity contribution in [2.75, 3.05) is 0 Å². The third-order valence-electron chi connectivity index (χ3n) is 2.83. The summed E-state index contributed by atoms with van der Waals surface area (Å²) in [6.45, 7) is 0. The van der Waals surface area contributed by atoms with Gasteiger partial charge in [0.15, 0.2) is 0 Å². The molecule has 1 atom stereocenters. The van der Waals surface area contributed by atoms with Crippen molar-refractivity contribution in [2.45, 2.75) is 12.2 Å². The first kappa shape index (κ1) is 13.5. The summed E-state index contributed by atoms with van der Waals surface area (Å²) in [5, 5.41) is 0. The Morgan fingerprint density at radius 2 is 2.00 bits per heavy atom. The van der Waals surface area contributed by atoms with Gasteiger partial charge in [-0.2, -0.15) is 13.2 Å². The summed E-state index contributed by atoms with van der Waals surface area (Å²) in [4.78, 5) is 3.84. The number of alkyl halides is 3. The summed E-state index contributed by atoms with van der Waals surface area (Å²) in [5.41, 5.74) is 5.28. The second-order valence-corrected chi connectivity index (χ2v) is 4.14. The fourth-order valence-electron chi connectivity index (χ4n) is 1.79. The predicted molar refractivity (Wildman–Crippen MR) is 60.6 cm³/mol. The molecule has 2 aromatic rings. The molecular formula is C12H11F4N3. The molecule has 0 spiro atoms. The van der Waals surface area contributed by atoms with Gasteiger partial charge >= 0.3 is 6.18 Å². The van der Waals surface area contributed by atoms with E-state index in [9.17, 15) is 17.6 Å². The Labute approximate surface area is 106 Å². The summed E-state index contributed by atoms with van der Waals surface area (Å²) in [6, 6.07) is 1.94. The minimum atomic E-state index is -4.74. The van der Waals surface area contributed by atoms with Crippen molar-refractivity contribution >= 4 is 0 Å². The van der Waals surface area contributed by atoms with Gasteiger partial charge in [-0.05, 0) is 17.7 Å². The maximum atomic E-state index is 13.2. The topological polar surface area (TPSA) is 43.8 Å². The third kappa shape index (κ3) is 2.60. The lowest BCUT2D eigenvalue weighted by molar-refractivity contribution is -0.140. The maximum Gasteiger partial charge on any atom is 0.419 e. The molecule has 7 heteroatoms. The largest absolute Gasteiger partial charge is 0.419 e. The molecule has 1 unspecified atom stereocenters. The molecule has 102 valence electrons. The van der Waals surface area contributed by atoms with Crippen LogP contribution in [0, 0.1) is 5.82 Å². The van der Waals surface area contributed by atoms with Crippen molar-refractivity contribution in [3.8, 4) is 0 Å². The van der Waals surface area contributed by atoms with E-state index in [1.54, 1.807) is 11.6 Å². The lowest BCUT2D eigenvalue weighted by atomic mass is 10.0. The van der Waals surface area contributed by atoms with Crippen molar-refractivity contribution in [1.82, 2.24) is 9.55 Å². The molecule has 1 heterocycles. The zero-order chi connectivity index (χ0) is 14.2. The molecule has 0 aliphatic rings. The first-order valence-electron chi connectivity index (χ1n) is 5.39. The number of hydrogen-bond acceptors (Lipinski definition) is 2. The molecule has 2 N–H and O–H groups in total. The van der Waals surface area contributed by atoms with Gasteiger partial charge in [0.2, 0.25) is 0 Å². The molecule has 19 heavy (non-hydrogen) atoms. The zero-order valence-electron chi connectivity index (χ0n) is 9.95. The SMILES string of the molecule is Cn1cncc1C(N)c1ccc(F)c(C(F)(F)F)c1. The number of rotatable bonds is 2. The molecule has 0 bridgehead atoms. The van der Waals surface area contributed by atoms with Gasteiger partial charge in [0, 0.05) is 7.05 Å². The molecule has 0 fully saturated rings. The number of aromatic nitrogens is 2. The number of nitrogens with zero attached hydrogens (tertiary/aromatic N) is 2. The Bertz CT molecular complexity index is 589. The number of halogens is 4. The van der Waals surface area contributed by atoms with Crippen molar-refractivity contribution in [3.05, 3.63) is 53.4 Å². The van der Waals surface area contributed by atoms with Gasteiger partial charge in [-0.15, -0.1) is 0 Å². The number of benzene rings is 1. The highest BCUT2D eigenvalue weighted by Crippen LogP contribution is 2.33. The molecule has 0 aliphatic heterocycles. The average molecular weight is 273 g/mol. The van der Waals surface area contributed by atoms with Gasteiger partial charge in [0.1, 0.15) is 5.82 Å². The zero-order valence-corrected chi connectivity index (χ0v) is 9.95. The quantitative estimate of drug-likeness (QED) is 0.855. The molecule has 0 saturated heterocycles. The normalized spacial score (nSPS) is 13.6. The van der Waals surface area contributed by atoms with Crippen molar-refractivity contribution in [2.24, 2.45) is 12.8 Å². The summed E-state index contributed by atoms with van der Waals surface area (Å²) >= 11 is 0. The van der Waals surface area contributed by atoms with Gasteiger partial charge < -0.3 is 10.3 Å². The van der Waals surface area contributed by atoms with E-state index in [2.05, 4.69) is 4.98 Å². The number of aryl methyl sites for hydroxylation is 1. The number of hydrogen-bond donors (Lipinski definition) is 1. The summed E-state index contributed by atoms with van der Waals surface area (Å²) < 4.78 is 52.6. The smallest absolute Gasteiger partial charge is 0.336 e. The van der Waals surface area contributed by atoms with E-state index >= 15 is 0 Å². The van der Waals surface area contributed by atoms with E-state index in [0.717, 1.165) is 12.1 Å². The van der Waals surface area contributed by atoms with Gasteiger partial charge in [0.25, 0.3) is 0 Å². The van der Waals surface area contributed by atoms with Crippen molar-refractivity contribution in [3.63, 3.8) is 0 Å². The van der Waals surface area contributed by atoms with E-state index in [-0.39, 0.29) is 5.56 Å². The maximum absolute atomic E-state index is 13.2. The minimum absolute atomic E-state index is 0.178. The van der Waals surface area contributed by atoms with E-state index in [4.69, 9.17) is 5.73 Å².